The van der Waals surface area contributed by atoms with E-state index in [-0.39, 0.29) is 13.2 Å². The van der Waals surface area contributed by atoms with E-state index in [2.05, 4.69) is 0 Å². The van der Waals surface area contributed by atoms with Crippen molar-refractivity contribution >= 4 is 14.5 Å². The maximum Gasteiger partial charge on any atom is 0.308 e. The van der Waals surface area contributed by atoms with Gasteiger partial charge < -0.3 is 18.9 Å². The molecule has 1 rings (SSSR count). The molecule has 1 atom stereocenters. The number of nitrogens with two attached hydrogens (primary N) is 1. The fourth-order valence-corrected chi connectivity index (χ4v) is 1.35. The van der Waals surface area contributed by atoms with E-state index in [0.29, 0.717) is 11.5 Å². The van der Waals surface area contributed by atoms with Crippen molar-refractivity contribution in [1.29, 1.82) is 0 Å². The molecule has 0 saturated heterocycles. The fourth-order valence-electron chi connectivity index (χ4n) is 1.09. The van der Waals surface area contributed by atoms with Gasteiger partial charge in [-0.05, 0) is 12.1 Å². The van der Waals surface area contributed by atoms with E-state index in [1.165, 1.54) is 6.92 Å². The zero-order valence-electron chi connectivity index (χ0n) is 9.33. The Morgan fingerprint density at radius 3 is 2.59 bits per heavy atom. The van der Waals surface area contributed by atoms with Crippen LogP contribution in [0.15, 0.2) is 24.3 Å². The maximum atomic E-state index is 10.8. The number of carbonyl (C=O) groups is 1. The largest absolute Gasteiger partial charge is 0.487 e. The Morgan fingerprint density at radius 1 is 1.35 bits per heavy atom. The highest BCUT2D eigenvalue weighted by Crippen LogP contribution is 2.26. The average Bonchev–Trinajstić information content (AvgIpc) is 2.25. The number of benzene rings is 1. The van der Waals surface area contributed by atoms with Crippen LogP contribution in [-0.2, 0) is 9.32 Å². The van der Waals surface area contributed by atoms with Crippen molar-refractivity contribution in [1.82, 2.24) is 0 Å². The van der Waals surface area contributed by atoms with Gasteiger partial charge >= 0.3 is 5.97 Å². The summed E-state index contributed by atoms with van der Waals surface area (Å²) >= 11 is 0. The molecule has 0 radical (unpaired) electrons. The van der Waals surface area contributed by atoms with Crippen LogP contribution >= 0.6 is 8.53 Å². The number of rotatable bonds is 6. The second-order valence-electron chi connectivity index (χ2n) is 3.02. The summed E-state index contributed by atoms with van der Waals surface area (Å²) in [5.41, 5.74) is 5.04. The summed E-state index contributed by atoms with van der Waals surface area (Å²) < 4.78 is 15.0. The molecule has 1 unspecified atom stereocenters. The average molecular weight is 259 g/mol. The predicted octanol–water partition coefficient (Wildman–Crippen LogP) is 1.19. The minimum atomic E-state index is -1.87. The van der Waals surface area contributed by atoms with Gasteiger partial charge in [-0.2, -0.15) is 0 Å². The molecule has 0 amide bonds. The minimum Gasteiger partial charge on any atom is -0.487 e. The molecule has 94 valence electrons. The van der Waals surface area contributed by atoms with Crippen LogP contribution in [0.2, 0.25) is 0 Å². The molecule has 0 heterocycles. The lowest BCUT2D eigenvalue weighted by Crippen LogP contribution is -2.08. The Labute approximate surface area is 100 Å². The van der Waals surface area contributed by atoms with Gasteiger partial charge in [0, 0.05) is 6.92 Å². The third-order valence-electron chi connectivity index (χ3n) is 1.67. The first-order valence-corrected chi connectivity index (χ1v) is 6.14. The van der Waals surface area contributed by atoms with E-state index in [9.17, 15) is 4.79 Å². The van der Waals surface area contributed by atoms with Crippen LogP contribution in [0.1, 0.15) is 6.92 Å². The molecule has 0 aliphatic carbocycles. The molecule has 0 saturated carbocycles. The molecule has 1 aromatic carbocycles. The summed E-state index contributed by atoms with van der Waals surface area (Å²) in [6, 6.07) is 6.78. The van der Waals surface area contributed by atoms with Crippen molar-refractivity contribution in [2.75, 3.05) is 13.2 Å². The molecule has 0 spiro atoms. The summed E-state index contributed by atoms with van der Waals surface area (Å²) in [7, 11) is -1.87. The number of carbonyl (C=O) groups excluding carboxylic acids is 1. The molecule has 0 bridgehead atoms. The standard InChI is InChI=1S/C10H14NO5P/c1-8(12)16-10-5-3-2-4-9(10)14-6-7-15-17(11)13/h2-5,13H,6-7,11H2,1H3. The molecule has 6 nitrogen and oxygen atoms in total. The number of hydrogen-bond acceptors (Lipinski definition) is 6. The molecule has 1 aromatic rings. The summed E-state index contributed by atoms with van der Waals surface area (Å²) in [6.45, 7) is 1.68. The number of esters is 1. The molecule has 0 aromatic heterocycles. The highest BCUT2D eigenvalue weighted by Gasteiger charge is 2.06. The van der Waals surface area contributed by atoms with Crippen molar-refractivity contribution in [3.05, 3.63) is 24.3 Å². The Kier molecular flexibility index (Phi) is 5.86. The van der Waals surface area contributed by atoms with E-state index in [1.807, 2.05) is 0 Å². The molecular formula is C10H14NO5P. The molecule has 17 heavy (non-hydrogen) atoms. The highest BCUT2D eigenvalue weighted by molar-refractivity contribution is 7.43. The number of ether oxygens (including phenoxy) is 2. The van der Waals surface area contributed by atoms with E-state index in [4.69, 9.17) is 24.4 Å². The van der Waals surface area contributed by atoms with Crippen molar-refractivity contribution < 1.29 is 23.7 Å². The molecule has 0 aliphatic rings. The van der Waals surface area contributed by atoms with Crippen LogP contribution in [0.3, 0.4) is 0 Å². The maximum absolute atomic E-state index is 10.8. The summed E-state index contributed by atoms with van der Waals surface area (Å²) in [6.07, 6.45) is 0. The van der Waals surface area contributed by atoms with Crippen LogP contribution in [0, 0.1) is 0 Å². The zero-order valence-corrected chi connectivity index (χ0v) is 10.2. The van der Waals surface area contributed by atoms with Gasteiger partial charge in [-0.3, -0.25) is 10.3 Å². The van der Waals surface area contributed by atoms with E-state index < -0.39 is 14.5 Å². The second kappa shape index (κ2) is 7.19. The third kappa shape index (κ3) is 5.60. The summed E-state index contributed by atoms with van der Waals surface area (Å²) in [5, 5.41) is 0. The monoisotopic (exact) mass is 259 g/mol. The Morgan fingerprint density at radius 2 is 2.00 bits per heavy atom. The van der Waals surface area contributed by atoms with Gasteiger partial charge in [0.05, 0.1) is 6.61 Å². The van der Waals surface area contributed by atoms with E-state index >= 15 is 0 Å². The smallest absolute Gasteiger partial charge is 0.308 e. The number of hydrogen-bond donors (Lipinski definition) is 2. The van der Waals surface area contributed by atoms with Crippen LogP contribution < -0.4 is 15.0 Å². The predicted molar refractivity (Wildman–Crippen MR) is 62.5 cm³/mol. The Bertz CT molecular complexity index is 371. The topological polar surface area (TPSA) is 91.0 Å². The lowest BCUT2D eigenvalue weighted by molar-refractivity contribution is -0.132. The first-order valence-electron chi connectivity index (χ1n) is 4.86. The Hall–Kier alpha value is -1.20. The van der Waals surface area contributed by atoms with Crippen molar-refractivity contribution in [3.63, 3.8) is 0 Å². The summed E-state index contributed by atoms with van der Waals surface area (Å²) in [5.74, 6) is 0.364. The number of para-hydroxylation sites is 2. The first kappa shape index (κ1) is 13.9. The highest BCUT2D eigenvalue weighted by atomic mass is 31.2. The lowest BCUT2D eigenvalue weighted by atomic mass is 10.3. The quantitative estimate of drug-likeness (QED) is 0.345. The minimum absolute atomic E-state index is 0.160. The fraction of sp³-hybridized carbons (Fsp3) is 0.300. The van der Waals surface area contributed by atoms with Crippen LogP contribution in [0.5, 0.6) is 11.5 Å². The van der Waals surface area contributed by atoms with Crippen molar-refractivity contribution in [2.24, 2.45) is 5.50 Å². The molecule has 0 aliphatic heterocycles. The normalized spacial score (nSPS) is 11.9. The summed E-state index contributed by atoms with van der Waals surface area (Å²) in [4.78, 5) is 19.6. The first-order chi connectivity index (χ1) is 8.09. The van der Waals surface area contributed by atoms with Gasteiger partial charge in [-0.15, -0.1) is 0 Å². The molecule has 7 heteroatoms. The van der Waals surface area contributed by atoms with Crippen molar-refractivity contribution in [3.8, 4) is 11.5 Å². The third-order valence-corrected chi connectivity index (χ3v) is 2.11. The molecular weight excluding hydrogens is 245 g/mol. The molecule has 3 N–H and O–H groups in total. The van der Waals surface area contributed by atoms with Crippen LogP contribution in [0.25, 0.3) is 0 Å². The van der Waals surface area contributed by atoms with Gasteiger partial charge in [-0.25, -0.2) is 0 Å². The zero-order chi connectivity index (χ0) is 12.7. The van der Waals surface area contributed by atoms with Gasteiger partial charge in [0.2, 0.25) is 8.53 Å². The van der Waals surface area contributed by atoms with E-state index in [1.54, 1.807) is 24.3 Å². The van der Waals surface area contributed by atoms with Crippen molar-refractivity contribution in [2.45, 2.75) is 6.92 Å². The van der Waals surface area contributed by atoms with Gasteiger partial charge in [0.1, 0.15) is 6.61 Å². The van der Waals surface area contributed by atoms with Crippen LogP contribution in [0.4, 0.5) is 0 Å². The van der Waals surface area contributed by atoms with Gasteiger partial charge in [0.15, 0.2) is 11.5 Å². The Balaban J connectivity index is 2.49. The lowest BCUT2D eigenvalue weighted by Gasteiger charge is -2.11. The SMILES string of the molecule is CC(=O)Oc1ccccc1OCCOP(N)O. The second-order valence-corrected chi connectivity index (χ2v) is 3.89. The molecule has 0 fully saturated rings. The van der Waals surface area contributed by atoms with Gasteiger partial charge in [0.25, 0.3) is 0 Å². The van der Waals surface area contributed by atoms with E-state index in [0.717, 1.165) is 0 Å². The van der Waals surface area contributed by atoms with Crippen LogP contribution in [-0.4, -0.2) is 24.1 Å². The van der Waals surface area contributed by atoms with Gasteiger partial charge in [-0.1, -0.05) is 12.1 Å².